The highest BCUT2D eigenvalue weighted by molar-refractivity contribution is 7.07. The maximum absolute atomic E-state index is 5.23. The third kappa shape index (κ3) is 2.23. The van der Waals surface area contributed by atoms with Gasteiger partial charge in [-0.05, 0) is 29.3 Å². The number of nitrogens with two attached hydrogens (primary N) is 2. The molecule has 3 nitrogen and oxygen atoms in total. The van der Waals surface area contributed by atoms with Gasteiger partial charge in [0.2, 0.25) is 0 Å². The molecule has 0 spiro atoms. The molecule has 4 N–H and O–H groups in total. The van der Waals surface area contributed by atoms with Crippen molar-refractivity contribution in [2.75, 3.05) is 0 Å². The molecule has 1 rings (SSSR count). The van der Waals surface area contributed by atoms with Crippen molar-refractivity contribution < 1.29 is 0 Å². The van der Waals surface area contributed by atoms with Crippen LogP contribution in [0.5, 0.6) is 0 Å². The summed E-state index contributed by atoms with van der Waals surface area (Å²) in [6.07, 6.45) is 0. The average molecular weight is 169 g/mol. The minimum atomic E-state index is 0.0752. The third-order valence-electron chi connectivity index (χ3n) is 1.37. The molecule has 0 radical (unpaired) electrons. The predicted octanol–water partition coefficient (Wildman–Crippen LogP) is 1.08. The number of hydrogen-bond acceptors (Lipinski definition) is 2. The van der Waals surface area contributed by atoms with Gasteiger partial charge in [0.15, 0.2) is 5.96 Å². The normalized spacial score (nSPS) is 12.5. The van der Waals surface area contributed by atoms with Crippen LogP contribution >= 0.6 is 11.3 Å². The molecule has 0 aliphatic heterocycles. The summed E-state index contributed by atoms with van der Waals surface area (Å²) in [5.41, 5.74) is 11.6. The summed E-state index contributed by atoms with van der Waals surface area (Å²) >= 11 is 1.64. The molecule has 0 fully saturated rings. The van der Waals surface area contributed by atoms with E-state index < -0.39 is 0 Å². The van der Waals surface area contributed by atoms with E-state index in [1.165, 1.54) is 0 Å². The molecular weight excluding hydrogens is 158 g/mol. The molecule has 4 heteroatoms. The molecule has 60 valence electrons. The summed E-state index contributed by atoms with van der Waals surface area (Å²) in [7, 11) is 0. The first-order chi connectivity index (χ1) is 5.20. The van der Waals surface area contributed by atoms with Crippen LogP contribution in [0.15, 0.2) is 21.8 Å². The fourth-order valence-electron chi connectivity index (χ4n) is 0.811. The van der Waals surface area contributed by atoms with E-state index in [2.05, 4.69) is 4.99 Å². The third-order valence-corrected chi connectivity index (χ3v) is 2.07. The second-order valence-electron chi connectivity index (χ2n) is 2.29. The average Bonchev–Trinajstić information content (AvgIpc) is 2.35. The molecule has 1 aromatic heterocycles. The first-order valence-electron chi connectivity index (χ1n) is 3.31. The Balaban J connectivity index is 2.71. The van der Waals surface area contributed by atoms with E-state index in [9.17, 15) is 0 Å². The smallest absolute Gasteiger partial charge is 0.186 e. The second kappa shape index (κ2) is 3.39. The molecule has 0 saturated carbocycles. The fraction of sp³-hybridized carbons (Fsp3) is 0.286. The first-order valence-corrected chi connectivity index (χ1v) is 4.25. The highest BCUT2D eigenvalue weighted by Gasteiger charge is 2.02. The zero-order valence-corrected chi connectivity index (χ0v) is 7.14. The van der Waals surface area contributed by atoms with Crippen LogP contribution in [0.2, 0.25) is 0 Å². The molecule has 0 amide bonds. The second-order valence-corrected chi connectivity index (χ2v) is 3.07. The van der Waals surface area contributed by atoms with Crippen molar-refractivity contribution in [3.63, 3.8) is 0 Å². The van der Waals surface area contributed by atoms with E-state index in [-0.39, 0.29) is 12.0 Å². The Bertz CT molecular complexity index is 236. The van der Waals surface area contributed by atoms with Crippen LogP contribution in [-0.2, 0) is 0 Å². The van der Waals surface area contributed by atoms with E-state index in [0.717, 1.165) is 5.56 Å². The molecule has 1 heterocycles. The van der Waals surface area contributed by atoms with E-state index in [1.807, 2.05) is 23.8 Å². The molecule has 0 bridgehead atoms. The van der Waals surface area contributed by atoms with E-state index >= 15 is 0 Å². The van der Waals surface area contributed by atoms with Crippen molar-refractivity contribution in [1.82, 2.24) is 0 Å². The van der Waals surface area contributed by atoms with Crippen molar-refractivity contribution in [2.24, 2.45) is 16.5 Å². The molecule has 0 saturated heterocycles. The largest absolute Gasteiger partial charge is 0.370 e. The van der Waals surface area contributed by atoms with Gasteiger partial charge < -0.3 is 11.5 Å². The van der Waals surface area contributed by atoms with Crippen LogP contribution in [0.3, 0.4) is 0 Å². The zero-order valence-electron chi connectivity index (χ0n) is 6.32. The van der Waals surface area contributed by atoms with Crippen molar-refractivity contribution in [3.05, 3.63) is 22.4 Å². The highest BCUT2D eigenvalue weighted by atomic mass is 32.1. The van der Waals surface area contributed by atoms with Gasteiger partial charge in [-0.15, -0.1) is 0 Å². The van der Waals surface area contributed by atoms with Crippen LogP contribution in [0.1, 0.15) is 18.5 Å². The summed E-state index contributed by atoms with van der Waals surface area (Å²) in [5.74, 6) is 0.142. The lowest BCUT2D eigenvalue weighted by atomic mass is 10.2. The van der Waals surface area contributed by atoms with Crippen LogP contribution < -0.4 is 11.5 Å². The van der Waals surface area contributed by atoms with Gasteiger partial charge >= 0.3 is 0 Å². The summed E-state index contributed by atoms with van der Waals surface area (Å²) < 4.78 is 0. The van der Waals surface area contributed by atoms with Gasteiger partial charge in [0, 0.05) is 0 Å². The quantitative estimate of drug-likeness (QED) is 0.514. The van der Waals surface area contributed by atoms with Crippen LogP contribution in [0.4, 0.5) is 0 Å². The Labute approximate surface area is 69.7 Å². The van der Waals surface area contributed by atoms with Gasteiger partial charge in [0.25, 0.3) is 0 Å². The molecule has 1 unspecified atom stereocenters. The Morgan fingerprint density at radius 3 is 2.82 bits per heavy atom. The molecular formula is C7H11N3S. The van der Waals surface area contributed by atoms with Crippen molar-refractivity contribution >= 4 is 17.3 Å². The summed E-state index contributed by atoms with van der Waals surface area (Å²) in [5, 5.41) is 4.05. The Morgan fingerprint density at radius 2 is 2.36 bits per heavy atom. The van der Waals surface area contributed by atoms with Gasteiger partial charge in [-0.2, -0.15) is 11.3 Å². The maximum Gasteiger partial charge on any atom is 0.186 e. The van der Waals surface area contributed by atoms with Gasteiger partial charge in [-0.1, -0.05) is 0 Å². The van der Waals surface area contributed by atoms with Gasteiger partial charge in [-0.3, -0.25) is 0 Å². The molecule has 1 aromatic rings. The first kappa shape index (κ1) is 8.07. The van der Waals surface area contributed by atoms with Gasteiger partial charge in [0.05, 0.1) is 6.04 Å². The molecule has 11 heavy (non-hydrogen) atoms. The lowest BCUT2D eigenvalue weighted by Crippen LogP contribution is -2.23. The number of thiophene rings is 1. The zero-order chi connectivity index (χ0) is 8.27. The molecule has 0 aliphatic rings. The highest BCUT2D eigenvalue weighted by Crippen LogP contribution is 2.18. The van der Waals surface area contributed by atoms with E-state index in [4.69, 9.17) is 11.5 Å². The summed E-state index contributed by atoms with van der Waals surface area (Å²) in [6, 6.07) is 2.09. The SMILES string of the molecule is CC(N=C(N)N)c1ccsc1. The van der Waals surface area contributed by atoms with Crippen LogP contribution in [0, 0.1) is 0 Å². The fourth-order valence-corrected chi connectivity index (χ4v) is 1.56. The van der Waals surface area contributed by atoms with Gasteiger partial charge in [-0.25, -0.2) is 4.99 Å². The lowest BCUT2D eigenvalue weighted by molar-refractivity contribution is 0.820. The summed E-state index contributed by atoms with van der Waals surface area (Å²) in [4.78, 5) is 4.00. The Hall–Kier alpha value is -1.03. The Kier molecular flexibility index (Phi) is 2.48. The maximum atomic E-state index is 5.23. The van der Waals surface area contributed by atoms with Crippen molar-refractivity contribution in [3.8, 4) is 0 Å². The number of rotatable bonds is 2. The van der Waals surface area contributed by atoms with Gasteiger partial charge in [0.1, 0.15) is 0 Å². The predicted molar refractivity (Wildman–Crippen MR) is 48.5 cm³/mol. The molecule has 0 aliphatic carbocycles. The summed E-state index contributed by atoms with van der Waals surface area (Å²) in [6.45, 7) is 1.96. The van der Waals surface area contributed by atoms with E-state index in [0.29, 0.717) is 0 Å². The topological polar surface area (TPSA) is 64.4 Å². The monoisotopic (exact) mass is 169 g/mol. The Morgan fingerprint density at radius 1 is 1.64 bits per heavy atom. The molecule has 0 aromatic carbocycles. The van der Waals surface area contributed by atoms with Crippen molar-refractivity contribution in [2.45, 2.75) is 13.0 Å². The number of aliphatic imine (C=N–C) groups is 1. The number of hydrogen-bond donors (Lipinski definition) is 2. The minimum absolute atomic E-state index is 0.0752. The minimum Gasteiger partial charge on any atom is -0.370 e. The van der Waals surface area contributed by atoms with Crippen LogP contribution in [-0.4, -0.2) is 5.96 Å². The van der Waals surface area contributed by atoms with Crippen molar-refractivity contribution in [1.29, 1.82) is 0 Å². The standard InChI is InChI=1S/C7H11N3S/c1-5(10-7(8)9)6-2-3-11-4-6/h2-5H,1H3,(H4,8,9,10). The van der Waals surface area contributed by atoms with Crippen LogP contribution in [0.25, 0.3) is 0 Å². The lowest BCUT2D eigenvalue weighted by Gasteiger charge is -2.02. The number of nitrogens with zero attached hydrogens (tertiary/aromatic N) is 1. The van der Waals surface area contributed by atoms with E-state index in [1.54, 1.807) is 11.3 Å². The number of guanidine groups is 1. The molecule has 1 atom stereocenters.